The predicted molar refractivity (Wildman–Crippen MR) is 56.0 cm³/mol. The van der Waals surface area contributed by atoms with Crippen LogP contribution in [0.25, 0.3) is 0 Å². The third-order valence-electron chi connectivity index (χ3n) is 3.39. The smallest absolute Gasteiger partial charge is 0.225 e. The molecule has 14 heavy (non-hydrogen) atoms. The van der Waals surface area contributed by atoms with Crippen molar-refractivity contribution in [3.8, 4) is 0 Å². The van der Waals surface area contributed by atoms with E-state index >= 15 is 0 Å². The minimum Gasteiger partial charge on any atom is -0.340 e. The Bertz CT molecular complexity index is 227. The van der Waals surface area contributed by atoms with E-state index in [-0.39, 0.29) is 5.92 Å². The summed E-state index contributed by atoms with van der Waals surface area (Å²) >= 11 is 0. The van der Waals surface area contributed by atoms with Crippen LogP contribution in [-0.4, -0.2) is 47.9 Å². The standard InChI is InChI=1S/C11H20N2O/c1-9(2)11(14)13-7-6-12-5-3-4-10(12)8-13/h9-10H,3-8H2,1-2H3/t10-/m0/s1. The minimum absolute atomic E-state index is 0.156. The van der Waals surface area contributed by atoms with Gasteiger partial charge >= 0.3 is 0 Å². The SMILES string of the molecule is CC(C)C(=O)N1CCN2CCC[C@H]2C1. The van der Waals surface area contributed by atoms with Crippen molar-refractivity contribution < 1.29 is 4.79 Å². The van der Waals surface area contributed by atoms with E-state index in [0.29, 0.717) is 11.9 Å². The Morgan fingerprint density at radius 3 is 2.79 bits per heavy atom. The van der Waals surface area contributed by atoms with Crippen LogP contribution >= 0.6 is 0 Å². The first-order chi connectivity index (χ1) is 6.68. The molecule has 2 aliphatic rings. The molecule has 2 fully saturated rings. The average Bonchev–Trinajstić information content (AvgIpc) is 2.62. The van der Waals surface area contributed by atoms with Crippen molar-refractivity contribution in [1.29, 1.82) is 0 Å². The summed E-state index contributed by atoms with van der Waals surface area (Å²) in [7, 11) is 0. The highest BCUT2D eigenvalue weighted by atomic mass is 16.2. The van der Waals surface area contributed by atoms with Gasteiger partial charge in [0.25, 0.3) is 0 Å². The zero-order valence-corrected chi connectivity index (χ0v) is 9.20. The molecule has 0 aromatic heterocycles. The number of piperazine rings is 1. The third-order valence-corrected chi connectivity index (χ3v) is 3.39. The molecule has 0 bridgehead atoms. The van der Waals surface area contributed by atoms with Crippen LogP contribution in [0, 0.1) is 5.92 Å². The van der Waals surface area contributed by atoms with Gasteiger partial charge in [0.15, 0.2) is 0 Å². The van der Waals surface area contributed by atoms with Gasteiger partial charge in [-0.1, -0.05) is 13.8 Å². The summed E-state index contributed by atoms with van der Waals surface area (Å²) in [6, 6.07) is 0.659. The molecule has 3 heteroatoms. The quantitative estimate of drug-likeness (QED) is 0.623. The van der Waals surface area contributed by atoms with Crippen LogP contribution in [0.1, 0.15) is 26.7 Å². The minimum atomic E-state index is 0.156. The molecule has 0 aromatic rings. The van der Waals surface area contributed by atoms with Crippen LogP contribution < -0.4 is 0 Å². The van der Waals surface area contributed by atoms with Gasteiger partial charge in [-0.05, 0) is 19.4 Å². The van der Waals surface area contributed by atoms with E-state index in [4.69, 9.17) is 0 Å². The van der Waals surface area contributed by atoms with Crippen molar-refractivity contribution in [1.82, 2.24) is 9.80 Å². The largest absolute Gasteiger partial charge is 0.340 e. The number of rotatable bonds is 1. The Kier molecular flexibility index (Phi) is 2.77. The summed E-state index contributed by atoms with van der Waals surface area (Å²) in [6.07, 6.45) is 2.59. The maximum absolute atomic E-state index is 11.8. The summed E-state index contributed by atoms with van der Waals surface area (Å²) in [6.45, 7) is 8.22. The van der Waals surface area contributed by atoms with E-state index in [0.717, 1.165) is 19.6 Å². The van der Waals surface area contributed by atoms with Gasteiger partial charge < -0.3 is 4.90 Å². The number of amides is 1. The molecule has 2 rings (SSSR count). The van der Waals surface area contributed by atoms with Crippen molar-refractivity contribution in [2.24, 2.45) is 5.92 Å². The van der Waals surface area contributed by atoms with Crippen molar-refractivity contribution in [2.75, 3.05) is 26.2 Å². The lowest BCUT2D eigenvalue weighted by atomic mass is 10.1. The highest BCUT2D eigenvalue weighted by Gasteiger charge is 2.32. The number of hydrogen-bond donors (Lipinski definition) is 0. The first-order valence-corrected chi connectivity index (χ1v) is 5.71. The van der Waals surface area contributed by atoms with Crippen LogP contribution in [0.4, 0.5) is 0 Å². The zero-order valence-electron chi connectivity index (χ0n) is 9.20. The highest BCUT2D eigenvalue weighted by molar-refractivity contribution is 5.78. The molecule has 0 aliphatic carbocycles. The number of nitrogens with zero attached hydrogens (tertiary/aromatic N) is 2. The van der Waals surface area contributed by atoms with Crippen LogP contribution in [0.2, 0.25) is 0 Å². The van der Waals surface area contributed by atoms with E-state index in [2.05, 4.69) is 9.80 Å². The maximum Gasteiger partial charge on any atom is 0.225 e. The Balaban J connectivity index is 1.94. The lowest BCUT2D eigenvalue weighted by Crippen LogP contribution is -2.52. The lowest BCUT2D eigenvalue weighted by molar-refractivity contribution is -0.137. The van der Waals surface area contributed by atoms with E-state index in [9.17, 15) is 4.79 Å². The number of fused-ring (bicyclic) bond motifs is 1. The Labute approximate surface area is 86.1 Å². The monoisotopic (exact) mass is 196 g/mol. The van der Waals surface area contributed by atoms with Gasteiger partial charge in [0.1, 0.15) is 0 Å². The van der Waals surface area contributed by atoms with Gasteiger partial charge in [-0.25, -0.2) is 0 Å². The number of carbonyl (C=O) groups is 1. The van der Waals surface area contributed by atoms with Crippen molar-refractivity contribution >= 4 is 5.91 Å². The first-order valence-electron chi connectivity index (χ1n) is 5.71. The van der Waals surface area contributed by atoms with Gasteiger partial charge in [0.05, 0.1) is 0 Å². The molecule has 80 valence electrons. The van der Waals surface area contributed by atoms with E-state index in [1.54, 1.807) is 0 Å². The molecule has 1 amide bonds. The molecule has 2 aliphatic heterocycles. The van der Waals surface area contributed by atoms with Crippen molar-refractivity contribution in [3.63, 3.8) is 0 Å². The maximum atomic E-state index is 11.8. The summed E-state index contributed by atoms with van der Waals surface area (Å²) in [5.74, 6) is 0.486. The zero-order chi connectivity index (χ0) is 10.1. The van der Waals surface area contributed by atoms with Gasteiger partial charge in [0.2, 0.25) is 5.91 Å². The topological polar surface area (TPSA) is 23.6 Å². The fraction of sp³-hybridized carbons (Fsp3) is 0.909. The molecule has 0 spiro atoms. The predicted octanol–water partition coefficient (Wildman–Crippen LogP) is 0.949. The summed E-state index contributed by atoms with van der Waals surface area (Å²) in [4.78, 5) is 16.4. The molecule has 1 atom stereocenters. The molecule has 0 saturated carbocycles. The average molecular weight is 196 g/mol. The number of hydrogen-bond acceptors (Lipinski definition) is 2. The van der Waals surface area contributed by atoms with Gasteiger partial charge in [0, 0.05) is 31.6 Å². The van der Waals surface area contributed by atoms with Crippen molar-refractivity contribution in [2.45, 2.75) is 32.7 Å². The van der Waals surface area contributed by atoms with Crippen LogP contribution in [0.3, 0.4) is 0 Å². The molecule has 0 N–H and O–H groups in total. The molecule has 0 unspecified atom stereocenters. The van der Waals surface area contributed by atoms with Crippen molar-refractivity contribution in [3.05, 3.63) is 0 Å². The van der Waals surface area contributed by atoms with Crippen LogP contribution in [0.15, 0.2) is 0 Å². The van der Waals surface area contributed by atoms with Gasteiger partial charge in [-0.2, -0.15) is 0 Å². The van der Waals surface area contributed by atoms with Crippen LogP contribution in [-0.2, 0) is 4.79 Å². The first kappa shape index (κ1) is 9.97. The van der Waals surface area contributed by atoms with Crippen LogP contribution in [0.5, 0.6) is 0 Å². The number of carbonyl (C=O) groups excluding carboxylic acids is 1. The summed E-state index contributed by atoms with van der Waals surface area (Å²) in [5, 5.41) is 0. The summed E-state index contributed by atoms with van der Waals surface area (Å²) in [5.41, 5.74) is 0. The fourth-order valence-electron chi connectivity index (χ4n) is 2.56. The highest BCUT2D eigenvalue weighted by Crippen LogP contribution is 2.22. The Morgan fingerprint density at radius 1 is 1.29 bits per heavy atom. The van der Waals surface area contributed by atoms with Gasteiger partial charge in [-0.15, -0.1) is 0 Å². The fourth-order valence-corrected chi connectivity index (χ4v) is 2.56. The summed E-state index contributed by atoms with van der Waals surface area (Å²) < 4.78 is 0. The second kappa shape index (κ2) is 3.89. The second-order valence-corrected chi connectivity index (χ2v) is 4.77. The van der Waals surface area contributed by atoms with E-state index in [1.807, 2.05) is 13.8 Å². The molecule has 0 radical (unpaired) electrons. The molecule has 2 heterocycles. The molecule has 0 aromatic carbocycles. The lowest BCUT2D eigenvalue weighted by Gasteiger charge is -2.38. The normalized spacial score (nSPS) is 28.2. The van der Waals surface area contributed by atoms with Gasteiger partial charge in [-0.3, -0.25) is 9.69 Å². The second-order valence-electron chi connectivity index (χ2n) is 4.77. The van der Waals surface area contributed by atoms with E-state index < -0.39 is 0 Å². The molecular formula is C11H20N2O. The third kappa shape index (κ3) is 1.78. The van der Waals surface area contributed by atoms with E-state index in [1.165, 1.54) is 19.4 Å². The Morgan fingerprint density at radius 2 is 2.07 bits per heavy atom. The molecule has 2 saturated heterocycles. The molecule has 3 nitrogen and oxygen atoms in total. The molecular weight excluding hydrogens is 176 g/mol. The Hall–Kier alpha value is -0.570.